The van der Waals surface area contributed by atoms with E-state index in [1.54, 1.807) is 65.7 Å². The molecular weight excluding hydrogens is 470 g/mol. The SMILES string of the molecule is CSc1nccc(-c2cn(CC#N)nc2-c2cnc3c(ccn3S(=O)(=O)c3ccccc3)c2)n1. The van der Waals surface area contributed by atoms with Gasteiger partial charge in [-0.05, 0) is 36.6 Å². The Kier molecular flexibility index (Phi) is 5.61. The number of thioether (sulfide) groups is 1. The molecule has 0 aliphatic heterocycles. The fourth-order valence-electron chi connectivity index (χ4n) is 3.59. The molecular formula is C23H17N7O2S2. The van der Waals surface area contributed by atoms with Crippen molar-refractivity contribution in [3.8, 4) is 28.6 Å². The number of nitriles is 1. The molecule has 1 aromatic carbocycles. The van der Waals surface area contributed by atoms with E-state index in [4.69, 9.17) is 5.26 Å². The summed E-state index contributed by atoms with van der Waals surface area (Å²) in [7, 11) is -3.78. The lowest BCUT2D eigenvalue weighted by molar-refractivity contribution is 0.589. The largest absolute Gasteiger partial charge is 0.269 e. The molecule has 0 fully saturated rings. The van der Waals surface area contributed by atoms with Crippen LogP contribution in [0.3, 0.4) is 0 Å². The summed E-state index contributed by atoms with van der Waals surface area (Å²) in [6.45, 7) is 0.0782. The maximum Gasteiger partial charge on any atom is 0.269 e. The third-order valence-corrected chi connectivity index (χ3v) is 7.40. The van der Waals surface area contributed by atoms with Gasteiger partial charge in [-0.2, -0.15) is 10.4 Å². The van der Waals surface area contributed by atoms with E-state index in [2.05, 4.69) is 26.1 Å². The molecule has 5 aromatic rings. The van der Waals surface area contributed by atoms with E-state index < -0.39 is 10.0 Å². The van der Waals surface area contributed by atoms with E-state index in [0.717, 1.165) is 5.56 Å². The zero-order valence-corrected chi connectivity index (χ0v) is 19.5. The first-order chi connectivity index (χ1) is 16.5. The minimum Gasteiger partial charge on any atom is -0.257 e. The van der Waals surface area contributed by atoms with E-state index in [1.807, 2.05) is 12.3 Å². The Morgan fingerprint density at radius 1 is 1.12 bits per heavy atom. The molecule has 0 aliphatic carbocycles. The lowest BCUT2D eigenvalue weighted by Crippen LogP contribution is -2.12. The quantitative estimate of drug-likeness (QED) is 0.262. The van der Waals surface area contributed by atoms with Crippen molar-refractivity contribution < 1.29 is 8.42 Å². The van der Waals surface area contributed by atoms with Crippen molar-refractivity contribution in [2.45, 2.75) is 16.6 Å². The Balaban J connectivity index is 1.63. The molecule has 0 aliphatic rings. The number of hydrogen-bond acceptors (Lipinski definition) is 8. The normalized spacial score (nSPS) is 11.5. The van der Waals surface area contributed by atoms with Crippen LogP contribution in [0.4, 0.5) is 0 Å². The summed E-state index contributed by atoms with van der Waals surface area (Å²) in [4.78, 5) is 13.4. The molecule has 4 aromatic heterocycles. The van der Waals surface area contributed by atoms with Crippen LogP contribution in [0.2, 0.25) is 0 Å². The molecule has 0 radical (unpaired) electrons. The van der Waals surface area contributed by atoms with Crippen LogP contribution in [0.25, 0.3) is 33.5 Å². The highest BCUT2D eigenvalue weighted by atomic mass is 32.2. The second kappa shape index (κ2) is 8.74. The Morgan fingerprint density at radius 3 is 2.71 bits per heavy atom. The minimum atomic E-state index is -3.78. The van der Waals surface area contributed by atoms with Crippen molar-refractivity contribution in [1.82, 2.24) is 28.7 Å². The van der Waals surface area contributed by atoms with Crippen LogP contribution in [0.1, 0.15) is 0 Å². The molecule has 0 amide bonds. The monoisotopic (exact) mass is 487 g/mol. The lowest BCUT2D eigenvalue weighted by Gasteiger charge is -2.07. The molecule has 34 heavy (non-hydrogen) atoms. The number of pyridine rings is 1. The third kappa shape index (κ3) is 3.83. The molecule has 0 unspecified atom stereocenters. The second-order valence-electron chi connectivity index (χ2n) is 7.24. The Bertz CT molecular complexity index is 1650. The van der Waals surface area contributed by atoms with Gasteiger partial charge >= 0.3 is 0 Å². The highest BCUT2D eigenvalue weighted by Crippen LogP contribution is 2.32. The Labute approximate surface area is 199 Å². The first kappa shape index (κ1) is 21.8. The number of nitrogens with zero attached hydrogens (tertiary/aromatic N) is 7. The van der Waals surface area contributed by atoms with Crippen LogP contribution in [-0.4, -0.2) is 43.4 Å². The molecule has 9 nitrogen and oxygen atoms in total. The maximum absolute atomic E-state index is 13.1. The van der Waals surface area contributed by atoms with Crippen LogP contribution in [-0.2, 0) is 16.6 Å². The smallest absolute Gasteiger partial charge is 0.257 e. The fraction of sp³-hybridized carbons (Fsp3) is 0.0870. The van der Waals surface area contributed by atoms with Crippen LogP contribution < -0.4 is 0 Å². The van der Waals surface area contributed by atoms with E-state index in [9.17, 15) is 8.42 Å². The number of hydrogen-bond donors (Lipinski definition) is 0. The Hall–Kier alpha value is -4.01. The second-order valence-corrected chi connectivity index (χ2v) is 9.83. The van der Waals surface area contributed by atoms with E-state index in [-0.39, 0.29) is 11.4 Å². The fourth-order valence-corrected chi connectivity index (χ4v) is 5.28. The first-order valence-corrected chi connectivity index (χ1v) is 12.8. The first-order valence-electron chi connectivity index (χ1n) is 10.1. The van der Waals surface area contributed by atoms with Gasteiger partial charge in [0, 0.05) is 41.3 Å². The van der Waals surface area contributed by atoms with Crippen molar-refractivity contribution in [2.24, 2.45) is 0 Å². The third-order valence-electron chi connectivity index (χ3n) is 5.15. The van der Waals surface area contributed by atoms with Gasteiger partial charge in [-0.15, -0.1) is 0 Å². The summed E-state index contributed by atoms with van der Waals surface area (Å²) in [5.74, 6) is 0. The molecule has 0 N–H and O–H groups in total. The molecule has 168 valence electrons. The van der Waals surface area contributed by atoms with Gasteiger partial charge in [0.05, 0.1) is 16.7 Å². The van der Waals surface area contributed by atoms with Crippen LogP contribution >= 0.6 is 11.8 Å². The average Bonchev–Trinajstić information content (AvgIpc) is 3.49. The molecule has 0 atom stereocenters. The van der Waals surface area contributed by atoms with Crippen molar-refractivity contribution >= 4 is 32.8 Å². The van der Waals surface area contributed by atoms with Crippen LogP contribution in [0.15, 0.2) is 83.4 Å². The van der Waals surface area contributed by atoms with E-state index in [0.29, 0.717) is 33.1 Å². The van der Waals surface area contributed by atoms with E-state index in [1.165, 1.54) is 21.9 Å². The molecule has 0 saturated heterocycles. The molecule has 0 bridgehead atoms. The summed E-state index contributed by atoms with van der Waals surface area (Å²) >= 11 is 1.43. The van der Waals surface area contributed by atoms with Gasteiger partial charge in [-0.3, -0.25) is 4.68 Å². The van der Waals surface area contributed by atoms with Gasteiger partial charge in [-0.1, -0.05) is 30.0 Å². The number of fused-ring (bicyclic) bond motifs is 1. The molecule has 4 heterocycles. The standard InChI is InChI=1S/C23H17N7O2S2/c1-33-23-25-10-7-20(27-23)19-15-29(12-9-24)28-21(19)17-13-16-8-11-30(22(16)26-14-17)34(31,32)18-5-3-2-4-6-18/h2-8,10-11,13-15H,12H2,1H3. The van der Waals surface area contributed by atoms with Gasteiger partial charge in [-0.25, -0.2) is 27.3 Å². The predicted molar refractivity (Wildman–Crippen MR) is 128 cm³/mol. The average molecular weight is 488 g/mol. The summed E-state index contributed by atoms with van der Waals surface area (Å²) < 4.78 is 28.9. The highest BCUT2D eigenvalue weighted by Gasteiger charge is 2.21. The van der Waals surface area contributed by atoms with Gasteiger partial charge < -0.3 is 0 Å². The molecule has 0 saturated carbocycles. The number of rotatable bonds is 6. The van der Waals surface area contributed by atoms with Crippen molar-refractivity contribution in [3.05, 3.63) is 73.3 Å². The van der Waals surface area contributed by atoms with Gasteiger partial charge in [0.15, 0.2) is 10.8 Å². The Morgan fingerprint density at radius 2 is 1.94 bits per heavy atom. The zero-order chi connectivity index (χ0) is 23.7. The molecule has 5 rings (SSSR count). The summed E-state index contributed by atoms with van der Waals surface area (Å²) in [5, 5.41) is 15.0. The van der Waals surface area contributed by atoms with E-state index >= 15 is 0 Å². The number of benzene rings is 1. The van der Waals surface area contributed by atoms with Crippen molar-refractivity contribution in [1.29, 1.82) is 5.26 Å². The molecule has 11 heteroatoms. The van der Waals surface area contributed by atoms with Gasteiger partial charge in [0.25, 0.3) is 10.0 Å². The van der Waals surface area contributed by atoms with Gasteiger partial charge in [0.1, 0.15) is 12.2 Å². The predicted octanol–water partition coefficient (Wildman–Crippen LogP) is 3.84. The zero-order valence-electron chi connectivity index (χ0n) is 17.9. The molecule has 0 spiro atoms. The summed E-state index contributed by atoms with van der Waals surface area (Å²) in [6.07, 6.45) is 8.41. The van der Waals surface area contributed by atoms with Crippen molar-refractivity contribution in [2.75, 3.05) is 6.26 Å². The maximum atomic E-state index is 13.1. The lowest BCUT2D eigenvalue weighted by atomic mass is 10.1. The summed E-state index contributed by atoms with van der Waals surface area (Å²) in [6, 6.07) is 15.6. The van der Waals surface area contributed by atoms with Crippen LogP contribution in [0, 0.1) is 11.3 Å². The summed E-state index contributed by atoms with van der Waals surface area (Å²) in [5.41, 5.74) is 2.98. The van der Waals surface area contributed by atoms with Crippen LogP contribution in [0.5, 0.6) is 0 Å². The highest BCUT2D eigenvalue weighted by molar-refractivity contribution is 7.98. The topological polar surface area (TPSA) is 119 Å². The van der Waals surface area contributed by atoms with Gasteiger partial charge in [0.2, 0.25) is 0 Å². The number of aromatic nitrogens is 6. The minimum absolute atomic E-state index is 0.0782. The van der Waals surface area contributed by atoms with Crippen molar-refractivity contribution in [3.63, 3.8) is 0 Å².